The Bertz CT molecular complexity index is 96.7. The molecule has 1 N–H and O–H groups in total. The predicted octanol–water partition coefficient (Wildman–Crippen LogP) is 0.978. The van der Waals surface area contributed by atoms with Gasteiger partial charge < -0.3 is 18.4 Å². The van der Waals surface area contributed by atoms with Crippen LogP contribution in [0, 0.1) is 0 Å². The van der Waals surface area contributed by atoms with E-state index in [9.17, 15) is 0 Å². The van der Waals surface area contributed by atoms with Crippen molar-refractivity contribution in [1.29, 1.82) is 0 Å². The van der Waals surface area contributed by atoms with Crippen molar-refractivity contribution in [2.75, 3.05) is 26.4 Å². The average Bonchev–Trinajstić information content (AvgIpc) is 2.20. The Labute approximate surface area is 88.5 Å². The lowest BCUT2D eigenvalue weighted by Crippen LogP contribution is -2.27. The summed E-state index contributed by atoms with van der Waals surface area (Å²) in [5.41, 5.74) is 0. The number of hydrogen-bond donors (Lipinski definition) is 1. The van der Waals surface area contributed by atoms with Crippen molar-refractivity contribution in [2.24, 2.45) is 0 Å². The molecule has 0 aliphatic carbocycles. The lowest BCUT2D eigenvalue weighted by Gasteiger charge is -2.12. The van der Waals surface area contributed by atoms with Crippen LogP contribution >= 0.6 is 0 Å². The molecular weight excluding hydrogens is 200 g/mol. The molecular formula is C9H22O4Si. The van der Waals surface area contributed by atoms with Crippen LogP contribution in [-0.4, -0.2) is 41.1 Å². The summed E-state index contributed by atoms with van der Waals surface area (Å²) in [6, 6.07) is 0. The molecule has 0 aromatic carbocycles. The van der Waals surface area contributed by atoms with E-state index in [2.05, 4.69) is 6.58 Å². The Morgan fingerprint density at radius 3 is 1.50 bits per heavy atom. The standard InChI is InChI=1S/C6H16O3Si.C3H6O/c1-4-7-10(8-5-2)9-6-3;1-2-3-4/h10H,4-6H2,1-3H3;2,4H,1,3H2. The van der Waals surface area contributed by atoms with Crippen LogP contribution < -0.4 is 0 Å². The summed E-state index contributed by atoms with van der Waals surface area (Å²) in [6.45, 7) is 11.2. The van der Waals surface area contributed by atoms with Crippen LogP contribution in [0.1, 0.15) is 20.8 Å². The molecule has 86 valence electrons. The molecule has 0 unspecified atom stereocenters. The van der Waals surface area contributed by atoms with Gasteiger partial charge in [0.05, 0.1) is 6.61 Å². The van der Waals surface area contributed by atoms with E-state index in [1.165, 1.54) is 6.08 Å². The van der Waals surface area contributed by atoms with E-state index in [0.717, 1.165) is 0 Å². The fraction of sp³-hybridized carbons (Fsp3) is 0.778. The summed E-state index contributed by atoms with van der Waals surface area (Å²) in [5, 5.41) is 7.76. The Morgan fingerprint density at radius 2 is 1.36 bits per heavy atom. The Balaban J connectivity index is 0. The summed E-state index contributed by atoms with van der Waals surface area (Å²) in [5.74, 6) is 0. The Morgan fingerprint density at radius 1 is 1.07 bits per heavy atom. The molecule has 0 bridgehead atoms. The summed E-state index contributed by atoms with van der Waals surface area (Å²) in [4.78, 5) is 0. The van der Waals surface area contributed by atoms with E-state index in [-0.39, 0.29) is 6.61 Å². The summed E-state index contributed by atoms with van der Waals surface area (Å²) in [6.07, 6.45) is 1.43. The zero-order valence-corrected chi connectivity index (χ0v) is 10.5. The Kier molecular flexibility index (Phi) is 17.7. The minimum Gasteiger partial charge on any atom is -0.392 e. The summed E-state index contributed by atoms with van der Waals surface area (Å²) in [7, 11) is -1.73. The molecule has 0 spiro atoms. The van der Waals surface area contributed by atoms with Crippen LogP contribution in [0.5, 0.6) is 0 Å². The van der Waals surface area contributed by atoms with Crippen molar-refractivity contribution in [3.05, 3.63) is 12.7 Å². The highest BCUT2D eigenvalue weighted by Crippen LogP contribution is 1.90. The first-order chi connectivity index (χ1) is 6.76. The van der Waals surface area contributed by atoms with E-state index in [0.29, 0.717) is 19.8 Å². The first-order valence-electron chi connectivity index (χ1n) is 4.83. The van der Waals surface area contributed by atoms with Gasteiger partial charge >= 0.3 is 9.53 Å². The minimum atomic E-state index is -1.73. The largest absolute Gasteiger partial charge is 0.484 e. The second-order valence-corrected chi connectivity index (χ2v) is 3.70. The number of rotatable bonds is 7. The van der Waals surface area contributed by atoms with Gasteiger partial charge in [-0.15, -0.1) is 6.58 Å². The third-order valence-electron chi connectivity index (χ3n) is 1.04. The van der Waals surface area contributed by atoms with Crippen LogP contribution in [0.3, 0.4) is 0 Å². The molecule has 0 saturated carbocycles. The van der Waals surface area contributed by atoms with Crippen molar-refractivity contribution in [1.82, 2.24) is 0 Å². The monoisotopic (exact) mass is 222 g/mol. The molecule has 4 nitrogen and oxygen atoms in total. The maximum absolute atomic E-state index is 7.76. The molecule has 0 saturated heterocycles. The van der Waals surface area contributed by atoms with Gasteiger partial charge in [0.15, 0.2) is 0 Å². The minimum absolute atomic E-state index is 0.0833. The average molecular weight is 222 g/mol. The zero-order valence-electron chi connectivity index (χ0n) is 9.36. The molecule has 0 heterocycles. The molecule has 0 aromatic heterocycles. The van der Waals surface area contributed by atoms with E-state index in [1.54, 1.807) is 0 Å². The molecule has 0 atom stereocenters. The number of hydrogen-bond acceptors (Lipinski definition) is 4. The molecule has 0 amide bonds. The molecule has 0 radical (unpaired) electrons. The normalized spacial score (nSPS) is 9.50. The molecule has 14 heavy (non-hydrogen) atoms. The SMILES string of the molecule is C=CCO.CCO[SiH](OCC)OCC. The first kappa shape index (κ1) is 16.2. The number of aliphatic hydroxyl groups is 1. The molecule has 0 aliphatic rings. The van der Waals surface area contributed by atoms with E-state index in [1.807, 2.05) is 20.8 Å². The fourth-order valence-corrected chi connectivity index (χ4v) is 1.66. The van der Waals surface area contributed by atoms with Gasteiger partial charge in [-0.1, -0.05) is 6.08 Å². The van der Waals surface area contributed by atoms with Crippen LogP contribution in [0.2, 0.25) is 0 Å². The van der Waals surface area contributed by atoms with Crippen LogP contribution in [0.25, 0.3) is 0 Å². The molecule has 0 aliphatic heterocycles. The van der Waals surface area contributed by atoms with Crippen LogP contribution in [0.4, 0.5) is 0 Å². The predicted molar refractivity (Wildman–Crippen MR) is 59.3 cm³/mol. The van der Waals surface area contributed by atoms with Gasteiger partial charge in [-0.25, -0.2) is 0 Å². The highest BCUT2D eigenvalue weighted by atomic mass is 28.3. The van der Waals surface area contributed by atoms with E-state index in [4.69, 9.17) is 18.4 Å². The summed E-state index contributed by atoms with van der Waals surface area (Å²) < 4.78 is 15.7. The van der Waals surface area contributed by atoms with Gasteiger partial charge in [-0.2, -0.15) is 0 Å². The molecule has 0 aromatic rings. The second kappa shape index (κ2) is 15.3. The van der Waals surface area contributed by atoms with Crippen LogP contribution in [-0.2, 0) is 13.3 Å². The maximum Gasteiger partial charge on any atom is 0.484 e. The van der Waals surface area contributed by atoms with Crippen molar-refractivity contribution >= 4 is 9.53 Å². The van der Waals surface area contributed by atoms with Crippen molar-refractivity contribution in [3.63, 3.8) is 0 Å². The molecule has 0 rings (SSSR count). The highest BCUT2D eigenvalue weighted by Gasteiger charge is 2.11. The van der Waals surface area contributed by atoms with Gasteiger partial charge in [-0.3, -0.25) is 0 Å². The smallest absolute Gasteiger partial charge is 0.392 e. The van der Waals surface area contributed by atoms with Crippen molar-refractivity contribution < 1.29 is 18.4 Å². The summed E-state index contributed by atoms with van der Waals surface area (Å²) >= 11 is 0. The quantitative estimate of drug-likeness (QED) is 0.515. The van der Waals surface area contributed by atoms with Gasteiger partial charge in [0.25, 0.3) is 0 Å². The highest BCUT2D eigenvalue weighted by molar-refractivity contribution is 6.36. The van der Waals surface area contributed by atoms with Gasteiger partial charge in [0, 0.05) is 19.8 Å². The molecule has 0 fully saturated rings. The lowest BCUT2D eigenvalue weighted by molar-refractivity contribution is 0.107. The number of aliphatic hydroxyl groups excluding tert-OH is 1. The van der Waals surface area contributed by atoms with Crippen molar-refractivity contribution in [2.45, 2.75) is 20.8 Å². The Hall–Kier alpha value is -0.203. The van der Waals surface area contributed by atoms with Gasteiger partial charge in [0.1, 0.15) is 0 Å². The second-order valence-electron chi connectivity index (χ2n) is 2.13. The van der Waals surface area contributed by atoms with E-state index >= 15 is 0 Å². The van der Waals surface area contributed by atoms with Gasteiger partial charge in [0.2, 0.25) is 0 Å². The fourth-order valence-electron chi connectivity index (χ4n) is 0.553. The lowest BCUT2D eigenvalue weighted by atomic mass is 10.7. The first-order valence-corrected chi connectivity index (χ1v) is 6.24. The molecule has 5 heteroatoms. The van der Waals surface area contributed by atoms with Gasteiger partial charge in [-0.05, 0) is 20.8 Å². The zero-order chi connectivity index (χ0) is 11.2. The topological polar surface area (TPSA) is 47.9 Å². The third kappa shape index (κ3) is 14.3. The van der Waals surface area contributed by atoms with Crippen LogP contribution in [0.15, 0.2) is 12.7 Å². The van der Waals surface area contributed by atoms with E-state index < -0.39 is 9.53 Å². The third-order valence-corrected chi connectivity index (χ3v) is 2.85. The van der Waals surface area contributed by atoms with Crippen molar-refractivity contribution in [3.8, 4) is 0 Å². The maximum atomic E-state index is 7.76.